The predicted molar refractivity (Wildman–Crippen MR) is 98.4 cm³/mol. The first-order valence-corrected chi connectivity index (χ1v) is 9.67. The number of thiophene rings is 1. The van der Waals surface area contributed by atoms with E-state index in [1.165, 1.54) is 23.1 Å². The number of furan rings is 1. The molecule has 3 heterocycles. The maximum Gasteiger partial charge on any atom is 0.230 e. The van der Waals surface area contributed by atoms with E-state index in [0.717, 1.165) is 4.88 Å². The van der Waals surface area contributed by atoms with Gasteiger partial charge in [-0.05, 0) is 23.6 Å². The summed E-state index contributed by atoms with van der Waals surface area (Å²) in [5, 5.41) is 13.7. The Morgan fingerprint density at radius 3 is 2.88 bits per heavy atom. The Hall–Kier alpha value is -2.59. The van der Waals surface area contributed by atoms with Crippen molar-refractivity contribution in [3.8, 4) is 10.7 Å². The quantitative estimate of drug-likeness (QED) is 0.538. The molecule has 0 atom stereocenters. The molecule has 0 aliphatic carbocycles. The number of hydrogen-bond acceptors (Lipinski definition) is 7. The largest absolute Gasteiger partial charge is 0.467 e. The second kappa shape index (κ2) is 8.68. The van der Waals surface area contributed by atoms with E-state index in [-0.39, 0.29) is 18.1 Å². The number of nitrogens with zero attached hydrogens (tertiary/aromatic N) is 3. The minimum atomic E-state index is -0.400. The second-order valence-electron chi connectivity index (χ2n) is 5.30. The number of primary amides is 1. The summed E-state index contributed by atoms with van der Waals surface area (Å²) in [4.78, 5) is 24.1. The Bertz CT molecular complexity index is 859. The molecule has 0 saturated carbocycles. The second-order valence-corrected chi connectivity index (χ2v) is 7.19. The highest BCUT2D eigenvalue weighted by molar-refractivity contribution is 7.99. The zero-order valence-corrected chi connectivity index (χ0v) is 15.4. The predicted octanol–water partition coefficient (Wildman–Crippen LogP) is 1.88. The third-order valence-electron chi connectivity index (χ3n) is 3.41. The van der Waals surface area contributed by atoms with E-state index in [9.17, 15) is 9.59 Å². The number of carbonyl (C=O) groups excluding carboxylic acids is 2. The van der Waals surface area contributed by atoms with Gasteiger partial charge in [0.25, 0.3) is 0 Å². The fourth-order valence-corrected chi connectivity index (χ4v) is 3.70. The molecule has 0 unspecified atom stereocenters. The molecule has 0 fully saturated rings. The van der Waals surface area contributed by atoms with Gasteiger partial charge in [-0.1, -0.05) is 17.8 Å². The van der Waals surface area contributed by atoms with Crippen molar-refractivity contribution in [2.24, 2.45) is 5.73 Å². The summed E-state index contributed by atoms with van der Waals surface area (Å²) in [7, 11) is 0. The minimum absolute atomic E-state index is 0.145. The molecule has 0 spiro atoms. The molecule has 0 saturated heterocycles. The number of nitrogens with two attached hydrogens (primary N) is 1. The summed E-state index contributed by atoms with van der Waals surface area (Å²) >= 11 is 2.79. The van der Waals surface area contributed by atoms with Gasteiger partial charge in [-0.3, -0.25) is 9.59 Å². The van der Waals surface area contributed by atoms with E-state index in [4.69, 9.17) is 10.2 Å². The number of rotatable bonds is 9. The molecule has 10 heteroatoms. The van der Waals surface area contributed by atoms with E-state index in [1.807, 2.05) is 22.1 Å². The van der Waals surface area contributed by atoms with Gasteiger partial charge in [-0.2, -0.15) is 0 Å². The topological polar surface area (TPSA) is 116 Å². The van der Waals surface area contributed by atoms with Crippen molar-refractivity contribution >= 4 is 34.9 Å². The standard InChI is InChI=1S/C16H17N5O3S2/c17-13(22)5-6-21-15(12-4-2-8-25-12)19-20-16(21)26-10-14(23)18-9-11-3-1-7-24-11/h1-4,7-8H,5-6,9-10H2,(H2,17,22)(H,18,23). The van der Waals surface area contributed by atoms with Crippen molar-refractivity contribution in [1.29, 1.82) is 0 Å². The van der Waals surface area contributed by atoms with E-state index < -0.39 is 5.91 Å². The van der Waals surface area contributed by atoms with E-state index >= 15 is 0 Å². The van der Waals surface area contributed by atoms with Crippen LogP contribution in [-0.2, 0) is 22.7 Å². The fourth-order valence-electron chi connectivity index (χ4n) is 2.19. The Labute approximate surface area is 157 Å². The Morgan fingerprint density at radius 2 is 2.19 bits per heavy atom. The molecule has 0 bridgehead atoms. The minimum Gasteiger partial charge on any atom is -0.467 e. The first-order chi connectivity index (χ1) is 12.6. The van der Waals surface area contributed by atoms with Crippen molar-refractivity contribution < 1.29 is 14.0 Å². The number of hydrogen-bond donors (Lipinski definition) is 2. The molecule has 136 valence electrons. The van der Waals surface area contributed by atoms with E-state index in [1.54, 1.807) is 18.4 Å². The first-order valence-electron chi connectivity index (χ1n) is 7.80. The number of carbonyl (C=O) groups is 2. The summed E-state index contributed by atoms with van der Waals surface area (Å²) in [6.45, 7) is 0.702. The lowest BCUT2D eigenvalue weighted by Crippen LogP contribution is -2.24. The van der Waals surface area contributed by atoms with Crippen LogP contribution in [0.4, 0.5) is 0 Å². The van der Waals surface area contributed by atoms with E-state index in [2.05, 4.69) is 15.5 Å². The molecular weight excluding hydrogens is 374 g/mol. The van der Waals surface area contributed by atoms with Gasteiger partial charge in [-0.15, -0.1) is 21.5 Å². The van der Waals surface area contributed by atoms with Crippen molar-refractivity contribution in [1.82, 2.24) is 20.1 Å². The van der Waals surface area contributed by atoms with Gasteiger partial charge in [0.2, 0.25) is 11.8 Å². The van der Waals surface area contributed by atoms with Gasteiger partial charge in [0, 0.05) is 13.0 Å². The van der Waals surface area contributed by atoms with Crippen LogP contribution in [0.25, 0.3) is 10.7 Å². The van der Waals surface area contributed by atoms with Crippen LogP contribution in [0, 0.1) is 0 Å². The Morgan fingerprint density at radius 1 is 1.31 bits per heavy atom. The molecule has 0 radical (unpaired) electrons. The average molecular weight is 391 g/mol. The van der Waals surface area contributed by atoms with Gasteiger partial charge in [0.05, 0.1) is 23.4 Å². The van der Waals surface area contributed by atoms with Crippen molar-refractivity contribution in [3.63, 3.8) is 0 Å². The molecule has 3 aromatic heterocycles. The highest BCUT2D eigenvalue weighted by Gasteiger charge is 2.17. The summed E-state index contributed by atoms with van der Waals surface area (Å²) in [5.41, 5.74) is 5.27. The molecular formula is C16H17N5O3S2. The van der Waals surface area contributed by atoms with Gasteiger partial charge in [-0.25, -0.2) is 0 Å². The van der Waals surface area contributed by atoms with Crippen molar-refractivity contribution in [3.05, 3.63) is 41.7 Å². The van der Waals surface area contributed by atoms with E-state index in [0.29, 0.717) is 29.8 Å². The number of nitrogens with one attached hydrogen (secondary N) is 1. The van der Waals surface area contributed by atoms with Crippen LogP contribution in [0.3, 0.4) is 0 Å². The molecule has 2 amide bonds. The Kier molecular flexibility index (Phi) is 6.08. The molecule has 0 aliphatic rings. The normalized spacial score (nSPS) is 10.8. The highest BCUT2D eigenvalue weighted by Crippen LogP contribution is 2.27. The smallest absolute Gasteiger partial charge is 0.230 e. The van der Waals surface area contributed by atoms with Crippen LogP contribution in [0.1, 0.15) is 12.2 Å². The summed E-state index contributed by atoms with van der Waals surface area (Å²) in [6.07, 6.45) is 1.73. The lowest BCUT2D eigenvalue weighted by atomic mass is 10.4. The van der Waals surface area contributed by atoms with Crippen molar-refractivity contribution in [2.75, 3.05) is 5.75 Å². The zero-order valence-electron chi connectivity index (χ0n) is 13.8. The van der Waals surface area contributed by atoms with Crippen LogP contribution >= 0.6 is 23.1 Å². The maximum atomic E-state index is 12.0. The molecule has 8 nitrogen and oxygen atoms in total. The Balaban J connectivity index is 1.64. The fraction of sp³-hybridized carbons (Fsp3) is 0.250. The SMILES string of the molecule is NC(=O)CCn1c(SCC(=O)NCc2ccco2)nnc1-c1cccs1. The highest BCUT2D eigenvalue weighted by atomic mass is 32.2. The van der Waals surface area contributed by atoms with Crippen LogP contribution in [0.2, 0.25) is 0 Å². The summed E-state index contributed by atoms with van der Waals surface area (Å²) in [5.74, 6) is 0.990. The molecule has 0 aromatic carbocycles. The zero-order chi connectivity index (χ0) is 18.4. The number of thioether (sulfide) groups is 1. The summed E-state index contributed by atoms with van der Waals surface area (Å²) < 4.78 is 6.99. The van der Waals surface area contributed by atoms with Gasteiger partial charge < -0.3 is 20.0 Å². The van der Waals surface area contributed by atoms with Crippen molar-refractivity contribution in [2.45, 2.75) is 24.7 Å². The molecule has 0 aliphatic heterocycles. The third-order valence-corrected chi connectivity index (χ3v) is 5.25. The molecule has 3 aromatic rings. The average Bonchev–Trinajstić information content (AvgIpc) is 3.37. The molecule has 26 heavy (non-hydrogen) atoms. The maximum absolute atomic E-state index is 12.0. The molecule has 3 rings (SSSR count). The van der Waals surface area contributed by atoms with Gasteiger partial charge >= 0.3 is 0 Å². The monoisotopic (exact) mass is 391 g/mol. The first kappa shape index (κ1) is 18.2. The van der Waals surface area contributed by atoms with Crippen LogP contribution in [-0.4, -0.2) is 32.3 Å². The lowest BCUT2D eigenvalue weighted by Gasteiger charge is -2.08. The summed E-state index contributed by atoms with van der Waals surface area (Å²) in [6, 6.07) is 7.41. The van der Waals surface area contributed by atoms with Crippen LogP contribution in [0.15, 0.2) is 45.5 Å². The van der Waals surface area contributed by atoms with Crippen LogP contribution in [0.5, 0.6) is 0 Å². The third kappa shape index (κ3) is 4.73. The van der Waals surface area contributed by atoms with Crippen LogP contribution < -0.4 is 11.1 Å². The van der Waals surface area contributed by atoms with Gasteiger partial charge in [0.15, 0.2) is 11.0 Å². The number of aromatic nitrogens is 3. The molecule has 3 N–H and O–H groups in total. The van der Waals surface area contributed by atoms with Gasteiger partial charge in [0.1, 0.15) is 5.76 Å². The number of amides is 2. The lowest BCUT2D eigenvalue weighted by molar-refractivity contribution is -0.119.